The first-order chi connectivity index (χ1) is 36.3. The number of methoxy groups -OCH3 is 1. The van der Waals surface area contributed by atoms with Gasteiger partial charge >= 0.3 is 5.69 Å². The monoisotopic (exact) mass is 1050 g/mol. The summed E-state index contributed by atoms with van der Waals surface area (Å²) in [6.07, 6.45) is 10.6. The van der Waals surface area contributed by atoms with Crippen LogP contribution in [0, 0.1) is 6.92 Å². The van der Waals surface area contributed by atoms with E-state index in [1.54, 1.807) is 13.2 Å². The third-order valence-electron chi connectivity index (χ3n) is 15.1. The van der Waals surface area contributed by atoms with Gasteiger partial charge < -0.3 is 29.3 Å². The van der Waals surface area contributed by atoms with Gasteiger partial charge in [0.1, 0.15) is 5.82 Å². The van der Waals surface area contributed by atoms with Crippen molar-refractivity contribution in [2.24, 2.45) is 0 Å². The number of carbonyl (C=O) groups is 2. The molecule has 0 saturated carbocycles. The number of hydrogen-bond donors (Lipinski definition) is 2. The molecule has 75 heavy (non-hydrogen) atoms. The number of aryl methyl sites for hydroxylation is 1. The van der Waals surface area contributed by atoms with E-state index in [9.17, 15) is 19.2 Å². The summed E-state index contributed by atoms with van der Waals surface area (Å²) in [6.45, 7) is 8.41. The van der Waals surface area contributed by atoms with Crippen LogP contribution in [-0.4, -0.2) is 125 Å². The molecule has 4 aromatic carbocycles. The number of H-pyrrole nitrogens is 2. The molecule has 390 valence electrons. The molecule has 2 unspecified atom stereocenters. The van der Waals surface area contributed by atoms with E-state index in [2.05, 4.69) is 75.3 Å². The van der Waals surface area contributed by atoms with Crippen LogP contribution in [-0.2, 0) is 12.8 Å². The van der Waals surface area contributed by atoms with Crippen molar-refractivity contribution in [3.8, 4) is 5.88 Å². The number of rotatable bonds is 11. The second-order valence-electron chi connectivity index (χ2n) is 20.3. The molecule has 2 aromatic heterocycles. The number of aromatic amines is 2. The molecular weight excluding hydrogens is 984 g/mol. The average molecular weight is 1050 g/mol. The normalized spacial score (nSPS) is 18.4. The number of ether oxygens (including phenoxy) is 1. The van der Waals surface area contributed by atoms with E-state index in [-0.39, 0.29) is 29.2 Å². The fraction of sp³-hybridized carbons (Fsp3) is 0.367. The van der Waals surface area contributed by atoms with Gasteiger partial charge in [-0.3, -0.25) is 19.4 Å². The molecule has 0 bridgehead atoms. The molecule has 2 fully saturated rings. The number of nitrogens with zero attached hydrogens (tertiary/aromatic N) is 6. The van der Waals surface area contributed by atoms with E-state index in [4.69, 9.17) is 32.9 Å². The first-order valence-corrected chi connectivity index (χ1v) is 26.9. The predicted octanol–water partition coefficient (Wildman–Crippen LogP) is 9.82. The van der Waals surface area contributed by atoms with Crippen LogP contribution in [0.15, 0.2) is 119 Å². The lowest BCUT2D eigenvalue weighted by Crippen LogP contribution is -2.47. The Morgan fingerprint density at radius 1 is 0.627 bits per heavy atom. The molecule has 2 saturated heterocycles. The largest absolute Gasteiger partial charge is 0.481 e. The molecular formula is C60H66Cl2N8O5. The van der Waals surface area contributed by atoms with Gasteiger partial charge in [0.05, 0.1) is 12.8 Å². The summed E-state index contributed by atoms with van der Waals surface area (Å²) in [7, 11) is 5.83. The topological polar surface area (TPSA) is 148 Å². The number of aromatic nitrogens is 4. The lowest BCUT2D eigenvalue weighted by Gasteiger charge is -2.32. The van der Waals surface area contributed by atoms with Crippen molar-refractivity contribution in [2.45, 2.75) is 70.1 Å². The number of likely N-dealkylation sites (N-methyl/N-ethyl adjacent to an activating group) is 2. The van der Waals surface area contributed by atoms with Gasteiger partial charge in [-0.1, -0.05) is 108 Å². The number of hydrogen-bond acceptors (Lipinski definition) is 9. The Bertz CT molecular complexity index is 3200. The van der Waals surface area contributed by atoms with Crippen molar-refractivity contribution in [1.29, 1.82) is 0 Å². The molecule has 10 rings (SSSR count). The smallest absolute Gasteiger partial charge is 0.325 e. The van der Waals surface area contributed by atoms with Gasteiger partial charge in [0.25, 0.3) is 17.4 Å². The van der Waals surface area contributed by atoms with E-state index < -0.39 is 5.69 Å². The van der Waals surface area contributed by atoms with E-state index in [1.807, 2.05) is 83.5 Å². The zero-order valence-electron chi connectivity index (χ0n) is 43.3. The third-order valence-corrected chi connectivity index (χ3v) is 15.8. The van der Waals surface area contributed by atoms with E-state index >= 15 is 0 Å². The number of piperazine rings is 2. The second kappa shape index (κ2) is 24.4. The minimum Gasteiger partial charge on any atom is -0.481 e. The van der Waals surface area contributed by atoms with Crippen molar-refractivity contribution >= 4 is 46.2 Å². The van der Waals surface area contributed by atoms with Crippen LogP contribution in [0.5, 0.6) is 5.88 Å². The summed E-state index contributed by atoms with van der Waals surface area (Å²) < 4.78 is 5.70. The summed E-state index contributed by atoms with van der Waals surface area (Å²) in [4.78, 5) is 73.8. The number of carbonyl (C=O) groups excluding carboxylic acids is 2. The van der Waals surface area contributed by atoms with Crippen LogP contribution in [0.25, 0.3) is 11.1 Å². The van der Waals surface area contributed by atoms with Gasteiger partial charge in [0.15, 0.2) is 0 Å². The van der Waals surface area contributed by atoms with Crippen molar-refractivity contribution < 1.29 is 14.3 Å². The average Bonchev–Trinajstić information content (AvgIpc) is 3.43. The summed E-state index contributed by atoms with van der Waals surface area (Å²) in [5.74, 6) is 1.79. The summed E-state index contributed by atoms with van der Waals surface area (Å²) in [6, 6.07) is 31.5. The maximum Gasteiger partial charge on any atom is 0.325 e. The van der Waals surface area contributed by atoms with Crippen molar-refractivity contribution in [3.63, 3.8) is 0 Å². The van der Waals surface area contributed by atoms with Gasteiger partial charge in [-0.15, -0.1) is 0 Å². The SMILES string of the molecule is CN1CCN(C(=O)c2ccc(C3=CCC(c4[nH]c(=O)[nH]c(=O)c4Cc4ccccc4)CC3)c(Cl)c2)CC1.COc1nc(C)nc(C2CC=C(c3ccc(C(=O)N4CCN(C)CC4)cc3Cl)CC2)c1Cc1ccccc1. The molecule has 15 heteroatoms. The van der Waals surface area contributed by atoms with E-state index in [0.29, 0.717) is 51.2 Å². The fourth-order valence-electron chi connectivity index (χ4n) is 10.8. The van der Waals surface area contributed by atoms with E-state index in [1.165, 1.54) is 11.1 Å². The van der Waals surface area contributed by atoms with Gasteiger partial charge in [-0.2, -0.15) is 4.98 Å². The van der Waals surface area contributed by atoms with Crippen molar-refractivity contribution in [3.05, 3.63) is 202 Å². The number of allylic oxidation sites excluding steroid dienone is 4. The molecule has 4 heterocycles. The van der Waals surface area contributed by atoms with Crippen molar-refractivity contribution in [1.82, 2.24) is 39.5 Å². The molecule has 2 amide bonds. The predicted molar refractivity (Wildman–Crippen MR) is 298 cm³/mol. The molecule has 6 aromatic rings. The number of amides is 2. The number of halogens is 2. The Kier molecular flexibility index (Phi) is 17.3. The highest BCUT2D eigenvalue weighted by Gasteiger charge is 2.28. The number of nitrogens with one attached hydrogen (secondary N) is 2. The standard InChI is InChI=1S/C31H35ClN4O2.C29H31ClN4O3/c1-21-33-29(27(30(34-21)38-3)19-22-7-5-4-6-8-22)24-11-9-23(10-12-24)26-14-13-25(20-28(26)32)31(37)36-17-15-35(2)16-18-36;1-33-13-15-34(16-14-33)28(36)22-11-12-23(25(30)18-22)20-7-9-21(10-8-20)26-24(27(35)32-29(37)31-26)17-19-5-3-2-4-6-19/h4-9,13-14,20,24H,10-12,15-19H2,1-3H3;2-7,11-12,18,21H,8-10,13-17H2,1H3,(H2,31,32,35,37). The molecule has 2 atom stereocenters. The fourth-order valence-corrected chi connectivity index (χ4v) is 11.4. The van der Waals surface area contributed by atoms with Crippen LogP contribution in [0.1, 0.15) is 122 Å². The van der Waals surface area contributed by atoms with Crippen LogP contribution in [0.4, 0.5) is 0 Å². The minimum absolute atomic E-state index is 0.0171. The molecule has 4 aliphatic rings. The molecule has 0 spiro atoms. The zero-order valence-corrected chi connectivity index (χ0v) is 44.9. The first-order valence-electron chi connectivity index (χ1n) is 26.1. The summed E-state index contributed by atoms with van der Waals surface area (Å²) in [5.41, 5.74) is 10.5. The highest BCUT2D eigenvalue weighted by Crippen LogP contribution is 2.41. The highest BCUT2D eigenvalue weighted by atomic mass is 35.5. The molecule has 2 aliphatic heterocycles. The van der Waals surface area contributed by atoms with E-state index in [0.717, 1.165) is 130 Å². The lowest BCUT2D eigenvalue weighted by atomic mass is 9.82. The van der Waals surface area contributed by atoms with Crippen LogP contribution in [0.3, 0.4) is 0 Å². The van der Waals surface area contributed by atoms with Gasteiger partial charge in [0.2, 0.25) is 5.88 Å². The van der Waals surface area contributed by atoms with Crippen LogP contribution in [0.2, 0.25) is 10.0 Å². The molecule has 2 N–H and O–H groups in total. The quantitative estimate of drug-likeness (QED) is 0.129. The maximum atomic E-state index is 13.0. The highest BCUT2D eigenvalue weighted by molar-refractivity contribution is 6.33. The Morgan fingerprint density at radius 3 is 1.56 bits per heavy atom. The minimum atomic E-state index is -0.477. The maximum absolute atomic E-state index is 13.0. The molecule has 0 radical (unpaired) electrons. The summed E-state index contributed by atoms with van der Waals surface area (Å²) >= 11 is 13.4. The summed E-state index contributed by atoms with van der Waals surface area (Å²) in [5, 5.41) is 1.21. The van der Waals surface area contributed by atoms with Crippen LogP contribution >= 0.6 is 23.2 Å². The molecule has 13 nitrogen and oxygen atoms in total. The first kappa shape index (κ1) is 53.2. The molecule has 2 aliphatic carbocycles. The van der Waals surface area contributed by atoms with Crippen molar-refractivity contribution in [2.75, 3.05) is 73.6 Å². The third kappa shape index (κ3) is 12.9. The zero-order chi connectivity index (χ0) is 52.6. The Balaban J connectivity index is 0.000000184. The lowest BCUT2D eigenvalue weighted by molar-refractivity contribution is 0.0657. The van der Waals surface area contributed by atoms with Gasteiger partial charge in [-0.05, 0) is 117 Å². The second-order valence-corrected chi connectivity index (χ2v) is 21.1. The van der Waals surface area contributed by atoms with Crippen LogP contribution < -0.4 is 16.0 Å². The van der Waals surface area contributed by atoms with Gasteiger partial charge in [0, 0.05) is 115 Å². The Morgan fingerprint density at radius 2 is 1.11 bits per heavy atom. The van der Waals surface area contributed by atoms with Gasteiger partial charge in [-0.25, -0.2) is 9.78 Å². The number of benzene rings is 4. The Hall–Kier alpha value is -6.64. The Labute approximate surface area is 449 Å².